The molecule has 3 heteroatoms. The van der Waals surface area contributed by atoms with E-state index in [1.165, 1.54) is 19.8 Å². The number of unbranched alkanes of at least 4 members (excludes halogenated alkanes) is 1. The largest absolute Gasteiger partial charge is 0.463 e. The van der Waals surface area contributed by atoms with Crippen molar-refractivity contribution in [2.75, 3.05) is 6.61 Å². The van der Waals surface area contributed by atoms with Gasteiger partial charge in [0.25, 0.3) is 0 Å². The Morgan fingerprint density at radius 1 is 1.43 bits per heavy atom. The Hall–Kier alpha value is -0.570. The van der Waals surface area contributed by atoms with Gasteiger partial charge in [-0.3, -0.25) is 0 Å². The lowest BCUT2D eigenvalue weighted by Crippen LogP contribution is -2.22. The van der Waals surface area contributed by atoms with Gasteiger partial charge in [0.2, 0.25) is 0 Å². The molecule has 1 N–H and O–H groups in total. The van der Waals surface area contributed by atoms with Gasteiger partial charge in [-0.25, -0.2) is 4.79 Å². The second kappa shape index (κ2) is 7.80. The van der Waals surface area contributed by atoms with Crippen molar-refractivity contribution in [2.45, 2.75) is 52.6 Å². The lowest BCUT2D eigenvalue weighted by Gasteiger charge is -2.15. The van der Waals surface area contributed by atoms with E-state index in [1.54, 1.807) is 0 Å². The molecule has 0 spiro atoms. The lowest BCUT2D eigenvalue weighted by molar-refractivity contribution is -0.154. The fraction of sp³-hybridized carbons (Fsp3) is 0.909. The Labute approximate surface area is 86.5 Å². The summed E-state index contributed by atoms with van der Waals surface area (Å²) in [5.74, 6) is -0.0717. The van der Waals surface area contributed by atoms with Crippen molar-refractivity contribution < 1.29 is 14.6 Å². The van der Waals surface area contributed by atoms with Crippen molar-refractivity contribution in [2.24, 2.45) is 5.92 Å². The third-order valence-electron chi connectivity index (χ3n) is 2.35. The fourth-order valence-corrected chi connectivity index (χ4v) is 1.22. The highest BCUT2D eigenvalue weighted by Crippen LogP contribution is 2.12. The van der Waals surface area contributed by atoms with Crippen LogP contribution in [0.3, 0.4) is 0 Å². The van der Waals surface area contributed by atoms with Gasteiger partial charge in [-0.15, -0.1) is 0 Å². The molecule has 84 valence electrons. The number of aliphatic hydroxyl groups is 1. The molecule has 0 aromatic rings. The standard InChI is InChI=1S/C11H22O3/c1-4-6-7-10(5-2)8-14-11(13)9(3)12/h9-10,12H,4-8H2,1-3H3/t9?,10-/m0/s1. The van der Waals surface area contributed by atoms with Crippen LogP contribution in [0.15, 0.2) is 0 Å². The van der Waals surface area contributed by atoms with Gasteiger partial charge < -0.3 is 9.84 Å². The van der Waals surface area contributed by atoms with Crippen LogP contribution in [-0.2, 0) is 9.53 Å². The summed E-state index contributed by atoms with van der Waals surface area (Å²) in [7, 11) is 0. The topological polar surface area (TPSA) is 46.5 Å². The molecule has 0 rings (SSSR count). The molecule has 2 atom stereocenters. The molecule has 1 unspecified atom stereocenters. The number of aliphatic hydroxyl groups excluding tert-OH is 1. The molecular weight excluding hydrogens is 180 g/mol. The first-order chi connectivity index (χ1) is 6.61. The molecule has 0 radical (unpaired) electrons. The quantitative estimate of drug-likeness (QED) is 0.643. The predicted molar refractivity (Wildman–Crippen MR) is 55.9 cm³/mol. The number of carbonyl (C=O) groups is 1. The van der Waals surface area contributed by atoms with E-state index in [2.05, 4.69) is 13.8 Å². The minimum atomic E-state index is -1.00. The Kier molecular flexibility index (Phi) is 7.48. The Balaban J connectivity index is 3.66. The van der Waals surface area contributed by atoms with E-state index in [9.17, 15) is 4.79 Å². The zero-order valence-corrected chi connectivity index (χ0v) is 9.45. The van der Waals surface area contributed by atoms with Crippen LogP contribution in [0.25, 0.3) is 0 Å². The van der Waals surface area contributed by atoms with E-state index < -0.39 is 12.1 Å². The fourth-order valence-electron chi connectivity index (χ4n) is 1.22. The second-order valence-corrected chi connectivity index (χ2v) is 3.72. The van der Waals surface area contributed by atoms with Crippen LogP contribution >= 0.6 is 0 Å². The molecule has 0 saturated heterocycles. The highest BCUT2D eigenvalue weighted by molar-refractivity contribution is 5.73. The third kappa shape index (κ3) is 5.97. The van der Waals surface area contributed by atoms with E-state index in [4.69, 9.17) is 9.84 Å². The van der Waals surface area contributed by atoms with Crippen molar-refractivity contribution in [1.29, 1.82) is 0 Å². The predicted octanol–water partition coefficient (Wildman–Crippen LogP) is 2.13. The van der Waals surface area contributed by atoms with Gasteiger partial charge in [-0.1, -0.05) is 33.1 Å². The van der Waals surface area contributed by atoms with Crippen LogP contribution in [0.4, 0.5) is 0 Å². The van der Waals surface area contributed by atoms with Crippen molar-refractivity contribution in [3.05, 3.63) is 0 Å². The van der Waals surface area contributed by atoms with Crippen LogP contribution in [0.1, 0.15) is 46.5 Å². The monoisotopic (exact) mass is 202 g/mol. The summed E-state index contributed by atoms with van der Waals surface area (Å²) in [5, 5.41) is 8.91. The van der Waals surface area contributed by atoms with Crippen molar-refractivity contribution in [3.63, 3.8) is 0 Å². The summed E-state index contributed by atoms with van der Waals surface area (Å²) in [4.78, 5) is 11.0. The van der Waals surface area contributed by atoms with E-state index in [1.807, 2.05) is 0 Å². The van der Waals surface area contributed by atoms with Crippen molar-refractivity contribution in [3.8, 4) is 0 Å². The average molecular weight is 202 g/mol. The van der Waals surface area contributed by atoms with E-state index >= 15 is 0 Å². The van der Waals surface area contributed by atoms with Gasteiger partial charge >= 0.3 is 5.97 Å². The number of rotatable bonds is 7. The Bertz CT molecular complexity index is 155. The van der Waals surface area contributed by atoms with Crippen LogP contribution < -0.4 is 0 Å². The van der Waals surface area contributed by atoms with Crippen LogP contribution in [0.2, 0.25) is 0 Å². The minimum absolute atomic E-state index is 0.442. The van der Waals surface area contributed by atoms with Crippen molar-refractivity contribution >= 4 is 5.97 Å². The molecule has 0 heterocycles. The third-order valence-corrected chi connectivity index (χ3v) is 2.35. The molecule has 0 aromatic heterocycles. The van der Waals surface area contributed by atoms with E-state index in [0.717, 1.165) is 12.8 Å². The van der Waals surface area contributed by atoms with Gasteiger partial charge in [0, 0.05) is 0 Å². The van der Waals surface area contributed by atoms with Gasteiger partial charge in [-0.05, 0) is 19.3 Å². The lowest BCUT2D eigenvalue weighted by atomic mass is 10.0. The number of carbonyl (C=O) groups excluding carboxylic acids is 1. The smallest absolute Gasteiger partial charge is 0.334 e. The maximum absolute atomic E-state index is 11.0. The number of hydrogen-bond acceptors (Lipinski definition) is 3. The number of hydrogen-bond donors (Lipinski definition) is 1. The summed E-state index contributed by atoms with van der Waals surface area (Å²) in [6.07, 6.45) is 3.46. The molecular formula is C11H22O3. The van der Waals surface area contributed by atoms with Crippen LogP contribution in [0.5, 0.6) is 0 Å². The number of ether oxygens (including phenoxy) is 1. The first-order valence-corrected chi connectivity index (χ1v) is 5.46. The molecule has 0 amide bonds. The van der Waals surface area contributed by atoms with Gasteiger partial charge in [-0.2, -0.15) is 0 Å². The van der Waals surface area contributed by atoms with Crippen LogP contribution in [-0.4, -0.2) is 23.8 Å². The molecule has 0 fully saturated rings. The highest BCUT2D eigenvalue weighted by Gasteiger charge is 2.13. The highest BCUT2D eigenvalue weighted by atomic mass is 16.5. The molecule has 0 aliphatic rings. The summed E-state index contributed by atoms with van der Waals surface area (Å²) in [5.41, 5.74) is 0. The summed E-state index contributed by atoms with van der Waals surface area (Å²) < 4.78 is 4.96. The SMILES string of the molecule is CCCC[C@H](CC)COC(=O)C(C)O. The molecule has 14 heavy (non-hydrogen) atoms. The van der Waals surface area contributed by atoms with Gasteiger partial charge in [0.15, 0.2) is 0 Å². The average Bonchev–Trinajstić information content (AvgIpc) is 2.17. The molecule has 3 nitrogen and oxygen atoms in total. The molecule has 0 bridgehead atoms. The zero-order chi connectivity index (χ0) is 11.0. The van der Waals surface area contributed by atoms with Gasteiger partial charge in [0.1, 0.15) is 6.10 Å². The van der Waals surface area contributed by atoms with Gasteiger partial charge in [0.05, 0.1) is 6.61 Å². The molecule has 0 aliphatic heterocycles. The Morgan fingerprint density at radius 3 is 2.50 bits per heavy atom. The first kappa shape index (κ1) is 13.4. The summed E-state index contributed by atoms with van der Waals surface area (Å²) >= 11 is 0. The number of esters is 1. The maximum Gasteiger partial charge on any atom is 0.334 e. The normalized spacial score (nSPS) is 14.9. The minimum Gasteiger partial charge on any atom is -0.463 e. The van der Waals surface area contributed by atoms with Crippen molar-refractivity contribution in [1.82, 2.24) is 0 Å². The molecule has 0 saturated carbocycles. The van der Waals surface area contributed by atoms with E-state index in [0.29, 0.717) is 12.5 Å². The summed E-state index contributed by atoms with van der Waals surface area (Å²) in [6.45, 7) is 6.11. The molecule has 0 aliphatic carbocycles. The summed E-state index contributed by atoms with van der Waals surface area (Å²) in [6, 6.07) is 0. The zero-order valence-electron chi connectivity index (χ0n) is 9.45. The first-order valence-electron chi connectivity index (χ1n) is 5.46. The molecule has 0 aromatic carbocycles. The maximum atomic E-state index is 11.0. The van der Waals surface area contributed by atoms with Crippen LogP contribution in [0, 0.1) is 5.92 Å². The second-order valence-electron chi connectivity index (χ2n) is 3.72. The van der Waals surface area contributed by atoms with E-state index in [-0.39, 0.29) is 0 Å². The Morgan fingerprint density at radius 2 is 2.07 bits per heavy atom.